The fourth-order valence-corrected chi connectivity index (χ4v) is 0.744. The third-order valence-corrected chi connectivity index (χ3v) is 1.34. The maximum absolute atomic E-state index is 12.6. The van der Waals surface area contributed by atoms with Crippen LogP contribution in [0.3, 0.4) is 0 Å². The minimum atomic E-state index is -1.04. The summed E-state index contributed by atoms with van der Waals surface area (Å²) >= 11 is 5.22. The summed E-state index contributed by atoms with van der Waals surface area (Å²) in [6.07, 6.45) is 1.20. The van der Waals surface area contributed by atoms with Crippen LogP contribution in [-0.2, 0) is 0 Å². The molecule has 0 aliphatic rings. The van der Waals surface area contributed by atoms with Crippen LogP contribution in [0, 0.1) is 15.9 Å². The van der Waals surface area contributed by atoms with Crippen LogP contribution in [0.2, 0.25) is 5.15 Å². The van der Waals surface area contributed by atoms with E-state index >= 15 is 0 Å². The van der Waals surface area contributed by atoms with Gasteiger partial charge in [-0.1, -0.05) is 0 Å². The molecule has 0 saturated heterocycles. The third kappa shape index (κ3) is 1.43. The molecule has 1 rings (SSSR count). The molecule has 58 valence electrons. The summed E-state index contributed by atoms with van der Waals surface area (Å²) in [6.45, 7) is 0. The maximum Gasteiger partial charge on any atom is 0.318 e. The van der Waals surface area contributed by atoms with Gasteiger partial charge in [0.05, 0.1) is 11.0 Å². The van der Waals surface area contributed by atoms with Crippen molar-refractivity contribution in [1.82, 2.24) is 0 Å². The normalized spacial score (nSPS) is 9.64. The summed E-state index contributed by atoms with van der Waals surface area (Å²) in [5.41, 5.74) is -0.631. The molecule has 1 heterocycles. The van der Waals surface area contributed by atoms with E-state index < -0.39 is 16.4 Å². The Balaban J connectivity index is 3.27. The SMILES string of the molecule is O=[N+]([O-])c1cc[nH+]c(Cl)c1F. The number of aromatic amines is 1. The standard InChI is InChI=1S/C5H2ClFN2O2/c6-5-4(7)3(9(10)11)1-2-8-5/h1-2H/p+1. The average molecular weight is 178 g/mol. The van der Waals surface area contributed by atoms with Crippen molar-refractivity contribution in [2.24, 2.45) is 0 Å². The highest BCUT2D eigenvalue weighted by Crippen LogP contribution is 2.18. The zero-order chi connectivity index (χ0) is 8.43. The summed E-state index contributed by atoms with van der Waals surface area (Å²) in [4.78, 5) is 11.5. The van der Waals surface area contributed by atoms with Crippen LogP contribution in [0.5, 0.6) is 0 Å². The van der Waals surface area contributed by atoms with E-state index in [1.54, 1.807) is 0 Å². The second-order valence-electron chi connectivity index (χ2n) is 1.75. The topological polar surface area (TPSA) is 57.3 Å². The molecule has 0 aromatic carbocycles. The zero-order valence-corrected chi connectivity index (χ0v) is 5.93. The lowest BCUT2D eigenvalue weighted by Crippen LogP contribution is -2.06. The molecular formula is C5H3ClFN2O2+. The second-order valence-corrected chi connectivity index (χ2v) is 2.13. The number of halogens is 2. The first kappa shape index (κ1) is 7.87. The van der Waals surface area contributed by atoms with Gasteiger partial charge in [0.25, 0.3) is 5.82 Å². The summed E-state index contributed by atoms with van der Waals surface area (Å²) in [5.74, 6) is -1.04. The molecule has 11 heavy (non-hydrogen) atoms. The Labute approximate surface area is 65.8 Å². The monoisotopic (exact) mass is 177 g/mol. The lowest BCUT2D eigenvalue weighted by molar-refractivity contribution is -0.402. The fourth-order valence-electron chi connectivity index (χ4n) is 0.584. The number of H-pyrrole nitrogens is 1. The fraction of sp³-hybridized carbons (Fsp3) is 0. The quantitative estimate of drug-likeness (QED) is 0.368. The minimum absolute atomic E-state index is 0.362. The molecule has 1 aromatic rings. The number of nitrogens with one attached hydrogen (secondary N) is 1. The van der Waals surface area contributed by atoms with Crippen molar-refractivity contribution in [1.29, 1.82) is 0 Å². The molecule has 4 nitrogen and oxygen atoms in total. The highest BCUT2D eigenvalue weighted by atomic mass is 35.5. The predicted octanol–water partition coefficient (Wildman–Crippen LogP) is 1.20. The van der Waals surface area contributed by atoms with Crippen molar-refractivity contribution in [2.75, 3.05) is 0 Å². The van der Waals surface area contributed by atoms with Gasteiger partial charge < -0.3 is 0 Å². The molecule has 0 aliphatic heterocycles. The minimum Gasteiger partial charge on any atom is -0.258 e. The molecule has 0 amide bonds. The van der Waals surface area contributed by atoms with Gasteiger partial charge in [0.15, 0.2) is 6.20 Å². The van der Waals surface area contributed by atoms with E-state index in [0.29, 0.717) is 0 Å². The Bertz CT molecular complexity index is 305. The summed E-state index contributed by atoms with van der Waals surface area (Å²) in [7, 11) is 0. The number of nitrogens with zero attached hydrogens (tertiary/aromatic N) is 1. The van der Waals surface area contributed by atoms with Gasteiger partial charge in [-0.15, -0.1) is 0 Å². The lowest BCUT2D eigenvalue weighted by atomic mass is 10.4. The first-order valence-corrected chi connectivity index (χ1v) is 3.01. The van der Waals surface area contributed by atoms with Crippen LogP contribution in [0.4, 0.5) is 10.1 Å². The van der Waals surface area contributed by atoms with Crippen LogP contribution >= 0.6 is 11.6 Å². The summed E-state index contributed by atoms with van der Waals surface area (Å²) < 4.78 is 12.6. The van der Waals surface area contributed by atoms with Crippen molar-refractivity contribution < 1.29 is 14.3 Å². The first-order chi connectivity index (χ1) is 5.13. The second kappa shape index (κ2) is 2.79. The van der Waals surface area contributed by atoms with Crippen LogP contribution in [-0.4, -0.2) is 4.92 Å². The summed E-state index contributed by atoms with van der Waals surface area (Å²) in [6, 6.07) is 1.00. The molecule has 0 aliphatic carbocycles. The molecule has 1 aromatic heterocycles. The van der Waals surface area contributed by atoms with E-state index in [1.165, 1.54) is 6.20 Å². The van der Waals surface area contributed by atoms with E-state index in [-0.39, 0.29) is 5.15 Å². The van der Waals surface area contributed by atoms with E-state index in [9.17, 15) is 14.5 Å². The highest BCUT2D eigenvalue weighted by Gasteiger charge is 2.20. The molecule has 0 unspecified atom stereocenters. The average Bonchev–Trinajstić information content (AvgIpc) is 1.94. The molecule has 0 spiro atoms. The van der Waals surface area contributed by atoms with E-state index in [2.05, 4.69) is 4.98 Å². The maximum atomic E-state index is 12.6. The number of hydrogen-bond acceptors (Lipinski definition) is 2. The predicted molar refractivity (Wildman–Crippen MR) is 34.6 cm³/mol. The molecule has 0 bridgehead atoms. The molecule has 1 N–H and O–H groups in total. The van der Waals surface area contributed by atoms with Crippen LogP contribution in [0.15, 0.2) is 12.3 Å². The van der Waals surface area contributed by atoms with Gasteiger partial charge in [-0.05, 0) is 11.6 Å². The number of hydrogen-bond donors (Lipinski definition) is 0. The van der Waals surface area contributed by atoms with Crippen molar-refractivity contribution in [3.05, 3.63) is 33.3 Å². The summed E-state index contributed by atoms with van der Waals surface area (Å²) in [5, 5.41) is 9.71. The Kier molecular flexibility index (Phi) is 2.00. The van der Waals surface area contributed by atoms with Gasteiger partial charge in [0.1, 0.15) is 0 Å². The van der Waals surface area contributed by atoms with E-state index in [4.69, 9.17) is 11.6 Å². The van der Waals surface area contributed by atoms with Crippen molar-refractivity contribution in [3.8, 4) is 0 Å². The van der Waals surface area contributed by atoms with Crippen LogP contribution in [0.1, 0.15) is 0 Å². The lowest BCUT2D eigenvalue weighted by Gasteiger charge is -1.88. The number of pyridine rings is 1. The van der Waals surface area contributed by atoms with Gasteiger partial charge in [0.2, 0.25) is 0 Å². The van der Waals surface area contributed by atoms with Gasteiger partial charge in [0, 0.05) is 0 Å². The first-order valence-electron chi connectivity index (χ1n) is 2.63. The van der Waals surface area contributed by atoms with Crippen molar-refractivity contribution in [3.63, 3.8) is 0 Å². The van der Waals surface area contributed by atoms with Gasteiger partial charge in [-0.2, -0.15) is 9.37 Å². The largest absolute Gasteiger partial charge is 0.318 e. The van der Waals surface area contributed by atoms with Gasteiger partial charge >= 0.3 is 10.8 Å². The van der Waals surface area contributed by atoms with Crippen molar-refractivity contribution in [2.45, 2.75) is 0 Å². The van der Waals surface area contributed by atoms with Crippen LogP contribution in [0.25, 0.3) is 0 Å². The van der Waals surface area contributed by atoms with Crippen molar-refractivity contribution >= 4 is 17.3 Å². The number of rotatable bonds is 1. The Hall–Kier alpha value is -1.23. The Morgan fingerprint density at radius 2 is 2.36 bits per heavy atom. The molecular weight excluding hydrogens is 175 g/mol. The van der Waals surface area contributed by atoms with Crippen LogP contribution < -0.4 is 4.98 Å². The molecule has 0 saturated carbocycles. The smallest absolute Gasteiger partial charge is 0.258 e. The number of aromatic nitrogens is 1. The van der Waals surface area contributed by atoms with Gasteiger partial charge in [-0.3, -0.25) is 10.1 Å². The third-order valence-electron chi connectivity index (χ3n) is 1.07. The zero-order valence-electron chi connectivity index (χ0n) is 5.17. The molecule has 0 fully saturated rings. The Morgan fingerprint density at radius 3 is 2.82 bits per heavy atom. The molecule has 0 atom stereocenters. The highest BCUT2D eigenvalue weighted by molar-refractivity contribution is 6.28. The van der Waals surface area contributed by atoms with E-state index in [1.807, 2.05) is 0 Å². The van der Waals surface area contributed by atoms with Gasteiger partial charge in [-0.25, -0.2) is 0 Å². The Morgan fingerprint density at radius 1 is 1.73 bits per heavy atom. The van der Waals surface area contributed by atoms with E-state index in [0.717, 1.165) is 6.07 Å². The molecule has 0 radical (unpaired) electrons. The molecule has 6 heteroatoms. The number of nitro groups is 1.